The maximum atomic E-state index is 13.9. The van der Waals surface area contributed by atoms with Gasteiger partial charge in [-0.1, -0.05) is 170 Å². The van der Waals surface area contributed by atoms with Gasteiger partial charge in [0, 0.05) is 14.1 Å². The highest BCUT2D eigenvalue weighted by Gasteiger charge is 2.18. The van der Waals surface area contributed by atoms with Crippen molar-refractivity contribution in [1.82, 2.24) is 0 Å². The Morgan fingerprint density at radius 3 is 1.32 bits per heavy atom. The molecular weight excluding hydrogens is 891 g/mol. The third-order valence-electron chi connectivity index (χ3n) is 13.5. The van der Waals surface area contributed by atoms with Gasteiger partial charge in [0.05, 0.1) is 30.0 Å². The zero-order chi connectivity index (χ0) is 51.1. The Bertz CT molecular complexity index is 2630. The molecule has 0 aromatic heterocycles. The maximum absolute atomic E-state index is 13.9. The topological polar surface area (TPSA) is 74.3 Å². The molecule has 0 aliphatic carbocycles. The van der Waals surface area contributed by atoms with Crippen molar-refractivity contribution in [1.29, 1.82) is 0 Å². The van der Waals surface area contributed by atoms with Gasteiger partial charge < -0.3 is 23.8 Å². The largest absolute Gasteiger partial charge is 0.494 e. The van der Waals surface area contributed by atoms with Crippen molar-refractivity contribution < 1.29 is 28.5 Å². The lowest BCUT2D eigenvalue weighted by atomic mass is 9.98. The molecule has 0 saturated heterocycles. The molecule has 0 radical (unpaired) electrons. The summed E-state index contributed by atoms with van der Waals surface area (Å²) in [5.41, 5.74) is 10.4. The molecule has 0 aliphatic rings. The molecule has 0 fully saturated rings. The summed E-state index contributed by atoms with van der Waals surface area (Å²) < 4.78 is 24.1. The maximum Gasteiger partial charge on any atom is 0.344 e. The minimum atomic E-state index is -0.451. The van der Waals surface area contributed by atoms with Crippen LogP contribution in [0.25, 0.3) is 34.4 Å². The molecule has 7 heteroatoms. The Morgan fingerprint density at radius 1 is 0.431 bits per heavy atom. The van der Waals surface area contributed by atoms with E-state index in [0.717, 1.165) is 93.3 Å². The lowest BCUT2D eigenvalue weighted by Gasteiger charge is -2.19. The van der Waals surface area contributed by atoms with Gasteiger partial charge in [0.1, 0.15) is 17.2 Å². The summed E-state index contributed by atoms with van der Waals surface area (Å²) >= 11 is 0. The summed E-state index contributed by atoms with van der Waals surface area (Å²) in [4.78, 5) is 29.5. The van der Waals surface area contributed by atoms with Crippen molar-refractivity contribution in [2.24, 2.45) is 0 Å². The lowest BCUT2D eigenvalue weighted by Crippen LogP contribution is -2.15. The second kappa shape index (κ2) is 29.0. The second-order valence-corrected chi connectivity index (χ2v) is 19.5. The van der Waals surface area contributed by atoms with Gasteiger partial charge in [-0.2, -0.15) is 0 Å². The van der Waals surface area contributed by atoms with Crippen LogP contribution in [0.4, 0.5) is 5.69 Å². The van der Waals surface area contributed by atoms with Crippen LogP contribution in [0, 0.1) is 20.8 Å². The summed E-state index contributed by atoms with van der Waals surface area (Å²) in [5.74, 6) is 1.74. The highest BCUT2D eigenvalue weighted by Crippen LogP contribution is 2.34. The van der Waals surface area contributed by atoms with Gasteiger partial charge in [0.25, 0.3) is 0 Å². The molecule has 0 amide bonds. The molecule has 0 spiro atoms. The van der Waals surface area contributed by atoms with Gasteiger partial charge in [-0.15, -0.1) is 0 Å². The predicted molar refractivity (Wildman–Crippen MR) is 300 cm³/mol. The van der Waals surface area contributed by atoms with Gasteiger partial charge in [-0.05, 0) is 150 Å². The fraction of sp³-hybridized carbons (Fsp3) is 0.385. The van der Waals surface area contributed by atoms with Gasteiger partial charge in [0.2, 0.25) is 0 Å². The van der Waals surface area contributed by atoms with Crippen LogP contribution in [-0.2, 0) is 0 Å². The van der Waals surface area contributed by atoms with Crippen molar-refractivity contribution in [3.05, 3.63) is 160 Å². The Balaban J connectivity index is 1.05. The number of hydrogen-bond donors (Lipinski definition) is 0. The number of carbonyl (C=O) groups excluding carboxylic acids is 2. The molecule has 0 saturated carbocycles. The van der Waals surface area contributed by atoms with Crippen LogP contribution in [0.1, 0.15) is 165 Å². The van der Waals surface area contributed by atoms with Gasteiger partial charge in [-0.25, -0.2) is 9.59 Å². The predicted octanol–water partition coefficient (Wildman–Crippen LogP) is 17.7. The van der Waals surface area contributed by atoms with E-state index in [1.54, 1.807) is 12.1 Å². The molecule has 7 nitrogen and oxygen atoms in total. The molecule has 6 rings (SSSR count). The smallest absolute Gasteiger partial charge is 0.344 e. The van der Waals surface area contributed by atoms with E-state index in [2.05, 4.69) is 38.1 Å². The van der Waals surface area contributed by atoms with E-state index >= 15 is 0 Å². The Morgan fingerprint density at radius 2 is 0.847 bits per heavy atom. The summed E-state index contributed by atoms with van der Waals surface area (Å²) in [7, 11) is 3.85. The molecular formula is C65H79NO6. The highest BCUT2D eigenvalue weighted by atomic mass is 16.5. The van der Waals surface area contributed by atoms with E-state index in [1.807, 2.05) is 137 Å². The van der Waals surface area contributed by atoms with Crippen LogP contribution in [0.3, 0.4) is 0 Å². The SMILES string of the molecule is CCCCCCCCCCOc1ccc(-c2ccc(OC(=O)c3cc(C)c(C)cc3/C=C/c3cc(OC(=O)c4ccc(-c5ccc(OCCCCCCCCCC)cc5)cc4)c(N(C)C)cc3C)cc2)cc1. The zero-order valence-corrected chi connectivity index (χ0v) is 44.3. The number of nitrogens with zero attached hydrogens (tertiary/aromatic N) is 1. The number of rotatable bonds is 29. The molecule has 72 heavy (non-hydrogen) atoms. The normalized spacial score (nSPS) is 11.2. The monoisotopic (exact) mass is 970 g/mol. The van der Waals surface area contributed by atoms with Crippen molar-refractivity contribution in [3.63, 3.8) is 0 Å². The quantitative estimate of drug-likeness (QED) is 0.0201. The molecule has 6 aromatic carbocycles. The van der Waals surface area contributed by atoms with Crippen LogP contribution < -0.4 is 23.8 Å². The van der Waals surface area contributed by atoms with Crippen LogP contribution >= 0.6 is 0 Å². The average molecular weight is 970 g/mol. The first-order valence-corrected chi connectivity index (χ1v) is 26.7. The first-order chi connectivity index (χ1) is 35.0. The third kappa shape index (κ3) is 17.0. The van der Waals surface area contributed by atoms with Gasteiger partial charge >= 0.3 is 11.9 Å². The van der Waals surface area contributed by atoms with E-state index < -0.39 is 11.9 Å². The Labute approximate surface area is 431 Å². The van der Waals surface area contributed by atoms with E-state index in [4.69, 9.17) is 18.9 Å². The number of ether oxygens (including phenoxy) is 4. The number of hydrogen-bond acceptors (Lipinski definition) is 7. The van der Waals surface area contributed by atoms with Crippen molar-refractivity contribution in [2.75, 3.05) is 32.2 Å². The summed E-state index contributed by atoms with van der Waals surface area (Å²) in [6, 6.07) is 39.1. The molecule has 0 atom stereocenters. The average Bonchev–Trinajstić information content (AvgIpc) is 3.39. The standard InChI is InChI=1S/C65H79NO6/c1-8-10-12-14-16-18-20-22-42-69-58-36-30-52(31-37-58)51-24-26-55(27-25-51)64(67)72-63-47-56(50(5)46-62(63)66(6)7)28-29-57-44-48(3)49(4)45-61(57)65(68)71-60-40-34-54(35-41-60)53-32-38-59(39-33-53)70-43-23-21-19-17-15-13-11-9-2/h24-41,44-47H,8-23,42-43H2,1-7H3/b29-28+. The minimum Gasteiger partial charge on any atom is -0.494 e. The summed E-state index contributed by atoms with van der Waals surface area (Å²) in [6.45, 7) is 12.0. The minimum absolute atomic E-state index is 0.434. The van der Waals surface area contributed by atoms with E-state index in [9.17, 15) is 9.59 Å². The van der Waals surface area contributed by atoms with Gasteiger partial charge in [-0.3, -0.25) is 0 Å². The number of carbonyl (C=O) groups is 2. The summed E-state index contributed by atoms with van der Waals surface area (Å²) in [5, 5.41) is 0. The van der Waals surface area contributed by atoms with Crippen molar-refractivity contribution in [2.45, 2.75) is 137 Å². The summed E-state index contributed by atoms with van der Waals surface area (Å²) in [6.07, 6.45) is 24.3. The molecule has 0 unspecified atom stereocenters. The number of anilines is 1. The highest BCUT2D eigenvalue weighted by molar-refractivity contribution is 5.97. The van der Waals surface area contributed by atoms with E-state index in [0.29, 0.717) is 22.6 Å². The molecule has 0 aliphatic heterocycles. The van der Waals surface area contributed by atoms with E-state index in [-0.39, 0.29) is 0 Å². The number of benzene rings is 6. The van der Waals surface area contributed by atoms with Crippen LogP contribution in [0.5, 0.6) is 23.0 Å². The Kier molecular flexibility index (Phi) is 22.1. The van der Waals surface area contributed by atoms with Crippen LogP contribution in [0.2, 0.25) is 0 Å². The van der Waals surface area contributed by atoms with Crippen LogP contribution in [0.15, 0.2) is 121 Å². The second-order valence-electron chi connectivity index (χ2n) is 19.5. The molecule has 6 aromatic rings. The number of aryl methyl sites for hydroxylation is 3. The van der Waals surface area contributed by atoms with Crippen molar-refractivity contribution in [3.8, 4) is 45.3 Å². The molecule has 380 valence electrons. The van der Waals surface area contributed by atoms with Crippen LogP contribution in [-0.4, -0.2) is 39.2 Å². The number of unbranched alkanes of at least 4 members (excludes halogenated alkanes) is 14. The third-order valence-corrected chi connectivity index (χ3v) is 13.5. The zero-order valence-electron chi connectivity index (χ0n) is 44.3. The fourth-order valence-electron chi connectivity index (χ4n) is 8.81. The van der Waals surface area contributed by atoms with Gasteiger partial charge in [0.15, 0.2) is 5.75 Å². The number of esters is 2. The fourth-order valence-corrected chi connectivity index (χ4v) is 8.81. The molecule has 0 heterocycles. The van der Waals surface area contributed by atoms with E-state index in [1.165, 1.54) is 89.9 Å². The molecule has 0 bridgehead atoms. The Hall–Kier alpha value is -6.60. The first-order valence-electron chi connectivity index (χ1n) is 26.7. The lowest BCUT2D eigenvalue weighted by molar-refractivity contribution is 0.0725. The first kappa shape index (κ1) is 54.7. The molecule has 0 N–H and O–H groups in total. The van der Waals surface area contributed by atoms with Crippen molar-refractivity contribution >= 4 is 29.8 Å².